The number of halogens is 3. The van der Waals surface area contributed by atoms with E-state index in [2.05, 4.69) is 39.1 Å². The number of aliphatic imine (C=N–C) groups is 1. The number of benzene rings is 1. The van der Waals surface area contributed by atoms with Gasteiger partial charge in [-0.25, -0.2) is 0 Å². The topological polar surface area (TPSA) is 48.9 Å². The summed E-state index contributed by atoms with van der Waals surface area (Å²) in [7, 11) is 5.81. The van der Waals surface area contributed by atoms with Crippen molar-refractivity contribution in [2.24, 2.45) is 10.4 Å². The maximum Gasteiger partial charge on any atom is 0.411 e. The Hall–Kier alpha value is -1.80. The quantitative estimate of drug-likeness (QED) is 0.504. The predicted octanol–water partition coefficient (Wildman–Crippen LogP) is 3.02. The molecular formula is C19H31F3N4O. The molecule has 0 saturated heterocycles. The van der Waals surface area contributed by atoms with Crippen LogP contribution in [-0.4, -0.2) is 57.9 Å². The summed E-state index contributed by atoms with van der Waals surface area (Å²) in [4.78, 5) is 6.37. The molecule has 1 aromatic carbocycles. The van der Waals surface area contributed by atoms with E-state index >= 15 is 0 Å². The standard InChI is InChI=1S/C19H31F3N4O/c1-18(2,13-26(4)5)12-25-17(23-3)24-10-15-6-8-16(9-7-15)11-27-14-19(20,21)22/h6-9H,10-14H2,1-5H3,(H2,23,24,25). The lowest BCUT2D eigenvalue weighted by molar-refractivity contribution is -0.176. The van der Waals surface area contributed by atoms with Crippen molar-refractivity contribution in [3.05, 3.63) is 35.4 Å². The number of rotatable bonds is 9. The molecule has 0 aliphatic carbocycles. The first-order chi connectivity index (χ1) is 12.5. The highest BCUT2D eigenvalue weighted by Gasteiger charge is 2.27. The first-order valence-corrected chi connectivity index (χ1v) is 8.82. The Balaban J connectivity index is 2.42. The zero-order chi connectivity index (χ0) is 20.5. The van der Waals surface area contributed by atoms with E-state index in [4.69, 9.17) is 0 Å². The van der Waals surface area contributed by atoms with Crippen LogP contribution in [0.3, 0.4) is 0 Å². The van der Waals surface area contributed by atoms with Crippen LogP contribution in [0.5, 0.6) is 0 Å². The highest BCUT2D eigenvalue weighted by Crippen LogP contribution is 2.16. The van der Waals surface area contributed by atoms with E-state index in [1.165, 1.54) is 0 Å². The Bertz CT molecular complexity index is 584. The van der Waals surface area contributed by atoms with E-state index in [0.29, 0.717) is 18.1 Å². The van der Waals surface area contributed by atoms with Crippen molar-refractivity contribution < 1.29 is 17.9 Å². The smallest absolute Gasteiger partial charge is 0.367 e. The summed E-state index contributed by atoms with van der Waals surface area (Å²) < 4.78 is 40.9. The van der Waals surface area contributed by atoms with Crippen molar-refractivity contribution in [1.82, 2.24) is 15.5 Å². The van der Waals surface area contributed by atoms with Crippen LogP contribution in [0.25, 0.3) is 0 Å². The van der Waals surface area contributed by atoms with Gasteiger partial charge < -0.3 is 20.3 Å². The molecule has 0 aromatic heterocycles. The Morgan fingerprint density at radius 3 is 2.19 bits per heavy atom. The predicted molar refractivity (Wildman–Crippen MR) is 103 cm³/mol. The molecule has 1 aromatic rings. The number of nitrogens with one attached hydrogen (secondary N) is 2. The van der Waals surface area contributed by atoms with Gasteiger partial charge in [-0.15, -0.1) is 0 Å². The average Bonchev–Trinajstić information content (AvgIpc) is 2.54. The van der Waals surface area contributed by atoms with Crippen LogP contribution in [0.4, 0.5) is 13.2 Å². The van der Waals surface area contributed by atoms with Crippen molar-refractivity contribution in [3.8, 4) is 0 Å². The Labute approximate surface area is 160 Å². The molecule has 0 saturated carbocycles. The van der Waals surface area contributed by atoms with Crippen LogP contribution in [0.1, 0.15) is 25.0 Å². The molecule has 0 heterocycles. The highest BCUT2D eigenvalue weighted by atomic mass is 19.4. The van der Waals surface area contributed by atoms with E-state index < -0.39 is 12.8 Å². The van der Waals surface area contributed by atoms with Gasteiger partial charge in [-0.05, 0) is 30.6 Å². The molecule has 154 valence electrons. The highest BCUT2D eigenvalue weighted by molar-refractivity contribution is 5.79. The molecule has 0 amide bonds. The van der Waals surface area contributed by atoms with Crippen molar-refractivity contribution in [2.45, 2.75) is 33.2 Å². The van der Waals surface area contributed by atoms with E-state index in [9.17, 15) is 13.2 Å². The molecule has 0 bridgehead atoms. The molecule has 0 radical (unpaired) electrons. The SMILES string of the molecule is CN=C(NCc1ccc(COCC(F)(F)F)cc1)NCC(C)(C)CN(C)C. The van der Waals surface area contributed by atoms with E-state index in [1.54, 1.807) is 19.2 Å². The summed E-state index contributed by atoms with van der Waals surface area (Å²) >= 11 is 0. The summed E-state index contributed by atoms with van der Waals surface area (Å²) in [6.45, 7) is 5.38. The van der Waals surface area contributed by atoms with Gasteiger partial charge in [0.25, 0.3) is 0 Å². The summed E-state index contributed by atoms with van der Waals surface area (Å²) in [6, 6.07) is 7.26. The molecule has 0 aliphatic rings. The number of ether oxygens (including phenoxy) is 1. The fraction of sp³-hybridized carbons (Fsp3) is 0.632. The van der Waals surface area contributed by atoms with E-state index in [0.717, 1.165) is 18.7 Å². The molecule has 0 atom stereocenters. The monoisotopic (exact) mass is 388 g/mol. The first kappa shape index (κ1) is 23.2. The lowest BCUT2D eigenvalue weighted by Gasteiger charge is -2.29. The third-order valence-corrected chi connectivity index (χ3v) is 3.72. The van der Waals surface area contributed by atoms with Gasteiger partial charge in [0, 0.05) is 26.7 Å². The lowest BCUT2D eigenvalue weighted by atomic mass is 9.93. The molecule has 0 aliphatic heterocycles. The minimum atomic E-state index is -4.30. The normalized spacial score (nSPS) is 13.1. The van der Waals surface area contributed by atoms with Gasteiger partial charge in [-0.3, -0.25) is 4.99 Å². The molecule has 0 unspecified atom stereocenters. The van der Waals surface area contributed by atoms with Gasteiger partial charge in [0.15, 0.2) is 5.96 Å². The molecule has 27 heavy (non-hydrogen) atoms. The summed E-state index contributed by atoms with van der Waals surface area (Å²) in [5.74, 6) is 0.708. The second-order valence-corrected chi connectivity index (χ2v) is 7.61. The molecule has 1 rings (SSSR count). The molecule has 0 spiro atoms. The molecule has 0 fully saturated rings. The first-order valence-electron chi connectivity index (χ1n) is 8.82. The van der Waals surface area contributed by atoms with Crippen LogP contribution in [0.15, 0.2) is 29.3 Å². The van der Waals surface area contributed by atoms with Crippen LogP contribution in [-0.2, 0) is 17.9 Å². The number of hydrogen-bond donors (Lipinski definition) is 2. The van der Waals surface area contributed by atoms with Gasteiger partial charge in [0.1, 0.15) is 6.61 Å². The maximum atomic E-state index is 12.1. The van der Waals surface area contributed by atoms with Gasteiger partial charge in [-0.1, -0.05) is 38.1 Å². The zero-order valence-electron chi connectivity index (χ0n) is 16.8. The van der Waals surface area contributed by atoms with E-state index in [-0.39, 0.29) is 12.0 Å². The van der Waals surface area contributed by atoms with Crippen LogP contribution in [0, 0.1) is 5.41 Å². The molecule has 2 N–H and O–H groups in total. The number of nitrogens with zero attached hydrogens (tertiary/aromatic N) is 2. The van der Waals surface area contributed by atoms with Crippen molar-refractivity contribution >= 4 is 5.96 Å². The summed E-state index contributed by atoms with van der Waals surface area (Å²) in [5.41, 5.74) is 1.81. The van der Waals surface area contributed by atoms with Gasteiger partial charge >= 0.3 is 6.18 Å². The number of hydrogen-bond acceptors (Lipinski definition) is 3. The van der Waals surface area contributed by atoms with Crippen molar-refractivity contribution in [1.29, 1.82) is 0 Å². The minimum absolute atomic E-state index is 0.0581. The minimum Gasteiger partial charge on any atom is -0.367 e. The Kier molecular flexibility index (Phi) is 9.05. The maximum absolute atomic E-state index is 12.1. The fourth-order valence-electron chi connectivity index (χ4n) is 2.68. The molecule has 8 heteroatoms. The third-order valence-electron chi connectivity index (χ3n) is 3.72. The Morgan fingerprint density at radius 1 is 1.07 bits per heavy atom. The molecular weight excluding hydrogens is 357 g/mol. The van der Waals surface area contributed by atoms with Gasteiger partial charge in [0.2, 0.25) is 0 Å². The average molecular weight is 388 g/mol. The number of guanidine groups is 1. The zero-order valence-corrected chi connectivity index (χ0v) is 16.8. The van der Waals surface area contributed by atoms with Crippen LogP contribution >= 0.6 is 0 Å². The summed E-state index contributed by atoms with van der Waals surface area (Å²) in [6.07, 6.45) is -4.30. The van der Waals surface area contributed by atoms with Crippen molar-refractivity contribution in [2.75, 3.05) is 40.8 Å². The van der Waals surface area contributed by atoms with Crippen LogP contribution < -0.4 is 10.6 Å². The van der Waals surface area contributed by atoms with Gasteiger partial charge in [0.05, 0.1) is 6.61 Å². The second-order valence-electron chi connectivity index (χ2n) is 7.61. The fourth-order valence-corrected chi connectivity index (χ4v) is 2.68. The van der Waals surface area contributed by atoms with Crippen LogP contribution in [0.2, 0.25) is 0 Å². The van der Waals surface area contributed by atoms with Gasteiger partial charge in [-0.2, -0.15) is 13.2 Å². The van der Waals surface area contributed by atoms with E-state index in [1.807, 2.05) is 26.2 Å². The second kappa shape index (κ2) is 10.5. The van der Waals surface area contributed by atoms with Crippen molar-refractivity contribution in [3.63, 3.8) is 0 Å². The third kappa shape index (κ3) is 10.8. The summed E-state index contributed by atoms with van der Waals surface area (Å²) in [5, 5.41) is 6.56. The lowest BCUT2D eigenvalue weighted by Crippen LogP contribution is -2.44. The number of alkyl halides is 3. The Morgan fingerprint density at radius 2 is 1.67 bits per heavy atom. The molecule has 5 nitrogen and oxygen atoms in total. The largest absolute Gasteiger partial charge is 0.411 e.